The predicted octanol–water partition coefficient (Wildman–Crippen LogP) is 1.92. The van der Waals surface area contributed by atoms with Crippen LogP contribution in [-0.4, -0.2) is 38.7 Å². The molecule has 1 fully saturated rings. The Hall–Kier alpha value is -2.20. The summed E-state index contributed by atoms with van der Waals surface area (Å²) in [5, 5.41) is 15.6. The largest absolute Gasteiger partial charge is 0.337 e. The van der Waals surface area contributed by atoms with Crippen LogP contribution >= 0.6 is 11.3 Å². The number of hydrogen-bond acceptors (Lipinski definition) is 5. The van der Waals surface area contributed by atoms with Crippen LogP contribution in [0, 0.1) is 17.2 Å². The molecule has 1 aliphatic rings. The summed E-state index contributed by atoms with van der Waals surface area (Å²) in [4.78, 5) is 18.6. The maximum Gasteiger partial charge on any atom is 0.273 e. The molecule has 0 saturated carbocycles. The minimum atomic E-state index is -0.0437. The van der Waals surface area contributed by atoms with Crippen LogP contribution in [0.1, 0.15) is 23.3 Å². The summed E-state index contributed by atoms with van der Waals surface area (Å²) in [6.45, 7) is 1.27. The predicted molar refractivity (Wildman–Crippen MR) is 78.6 cm³/mol. The number of carbonyl (C=O) groups excluding carboxylic acids is 1. The van der Waals surface area contributed by atoms with Crippen molar-refractivity contribution < 1.29 is 4.79 Å². The number of thiazole rings is 1. The van der Waals surface area contributed by atoms with Crippen molar-refractivity contribution in [3.8, 4) is 16.6 Å². The first-order chi connectivity index (χ1) is 10.2. The molecule has 3 heterocycles. The van der Waals surface area contributed by atoms with E-state index in [9.17, 15) is 4.79 Å². The minimum Gasteiger partial charge on any atom is -0.337 e. The number of nitrogens with zero attached hydrogens (tertiary/aromatic N) is 5. The number of carbonyl (C=O) groups is 1. The molecule has 3 rings (SSSR count). The molecule has 0 radical (unpaired) electrons. The van der Waals surface area contributed by atoms with E-state index in [-0.39, 0.29) is 11.8 Å². The van der Waals surface area contributed by atoms with Crippen LogP contribution in [0.15, 0.2) is 17.8 Å². The smallest absolute Gasteiger partial charge is 0.273 e. The molecule has 0 spiro atoms. The molecule has 7 heteroatoms. The van der Waals surface area contributed by atoms with Gasteiger partial charge in [-0.3, -0.25) is 9.48 Å². The van der Waals surface area contributed by atoms with Gasteiger partial charge >= 0.3 is 0 Å². The van der Waals surface area contributed by atoms with Crippen molar-refractivity contribution in [2.24, 2.45) is 13.0 Å². The summed E-state index contributed by atoms with van der Waals surface area (Å²) in [5.41, 5.74) is 1.40. The molecule has 1 amide bonds. The van der Waals surface area contributed by atoms with Gasteiger partial charge < -0.3 is 4.90 Å². The SMILES string of the molecule is Cn1cc(-c2nc(C(=O)N3CCC(C#N)CC3)cs2)cn1. The molecule has 0 atom stereocenters. The zero-order valence-electron chi connectivity index (χ0n) is 11.7. The number of hydrogen-bond donors (Lipinski definition) is 0. The fourth-order valence-electron chi connectivity index (χ4n) is 2.41. The number of aryl methyl sites for hydroxylation is 1. The second-order valence-corrected chi connectivity index (χ2v) is 5.99. The van der Waals surface area contributed by atoms with E-state index in [2.05, 4.69) is 16.2 Å². The van der Waals surface area contributed by atoms with Crippen molar-refractivity contribution in [1.29, 1.82) is 5.26 Å². The fraction of sp³-hybridized carbons (Fsp3) is 0.429. The van der Waals surface area contributed by atoms with Crippen LogP contribution in [0.3, 0.4) is 0 Å². The van der Waals surface area contributed by atoms with Crippen molar-refractivity contribution in [3.63, 3.8) is 0 Å². The van der Waals surface area contributed by atoms with Gasteiger partial charge in [0, 0.05) is 43.2 Å². The van der Waals surface area contributed by atoms with Gasteiger partial charge in [-0.15, -0.1) is 11.3 Å². The van der Waals surface area contributed by atoms with Crippen molar-refractivity contribution in [1.82, 2.24) is 19.7 Å². The summed E-state index contributed by atoms with van der Waals surface area (Å²) in [6, 6.07) is 2.27. The van der Waals surface area contributed by atoms with Gasteiger partial charge in [0.25, 0.3) is 5.91 Å². The number of likely N-dealkylation sites (tertiary alicyclic amines) is 1. The van der Waals surface area contributed by atoms with Gasteiger partial charge in [0.1, 0.15) is 10.7 Å². The number of nitriles is 1. The Morgan fingerprint density at radius 3 is 2.86 bits per heavy atom. The molecule has 1 aliphatic heterocycles. The maximum atomic E-state index is 12.4. The standard InChI is InChI=1S/C14H15N5OS/c1-18-8-11(7-16-18)13-17-12(9-21-13)14(20)19-4-2-10(6-15)3-5-19/h7-10H,2-5H2,1H3. The molecule has 0 bridgehead atoms. The first-order valence-corrected chi connectivity index (χ1v) is 7.69. The van der Waals surface area contributed by atoms with Crippen LogP contribution in [0.5, 0.6) is 0 Å². The normalized spacial score (nSPS) is 15.9. The van der Waals surface area contributed by atoms with Gasteiger partial charge in [0.15, 0.2) is 0 Å². The second kappa shape index (κ2) is 5.66. The molecule has 21 heavy (non-hydrogen) atoms. The van der Waals surface area contributed by atoms with Crippen LogP contribution < -0.4 is 0 Å². The molecule has 1 saturated heterocycles. The minimum absolute atomic E-state index is 0.0437. The lowest BCUT2D eigenvalue weighted by Crippen LogP contribution is -2.38. The van der Waals surface area contributed by atoms with Crippen molar-refractivity contribution in [3.05, 3.63) is 23.5 Å². The van der Waals surface area contributed by atoms with Gasteiger partial charge in [-0.05, 0) is 12.8 Å². The monoisotopic (exact) mass is 301 g/mol. The van der Waals surface area contributed by atoms with Crippen LogP contribution in [0.4, 0.5) is 0 Å². The van der Waals surface area contributed by atoms with E-state index < -0.39 is 0 Å². The third-order valence-corrected chi connectivity index (χ3v) is 4.53. The molecule has 0 aromatic carbocycles. The molecule has 0 unspecified atom stereocenters. The van der Waals surface area contributed by atoms with E-state index in [0.29, 0.717) is 18.8 Å². The van der Waals surface area contributed by atoms with Crippen LogP contribution in [0.25, 0.3) is 10.6 Å². The van der Waals surface area contributed by atoms with Crippen LogP contribution in [0.2, 0.25) is 0 Å². The molecule has 2 aromatic heterocycles. The Bertz CT molecular complexity index is 690. The van der Waals surface area contributed by atoms with Crippen molar-refractivity contribution in [2.75, 3.05) is 13.1 Å². The Kier molecular flexibility index (Phi) is 3.71. The first-order valence-electron chi connectivity index (χ1n) is 6.81. The van der Waals surface area contributed by atoms with Gasteiger partial charge in [0.2, 0.25) is 0 Å². The van der Waals surface area contributed by atoms with E-state index >= 15 is 0 Å². The Morgan fingerprint density at radius 1 is 1.48 bits per heavy atom. The number of rotatable bonds is 2. The summed E-state index contributed by atoms with van der Waals surface area (Å²) < 4.78 is 1.71. The molecule has 2 aromatic rings. The third-order valence-electron chi connectivity index (χ3n) is 3.64. The topological polar surface area (TPSA) is 74.8 Å². The van der Waals surface area contributed by atoms with E-state index in [0.717, 1.165) is 23.4 Å². The summed E-state index contributed by atoms with van der Waals surface area (Å²) >= 11 is 1.45. The quantitative estimate of drug-likeness (QED) is 0.849. The lowest BCUT2D eigenvalue weighted by molar-refractivity contribution is 0.0702. The number of piperidine rings is 1. The van der Waals surface area contributed by atoms with Crippen molar-refractivity contribution in [2.45, 2.75) is 12.8 Å². The van der Waals surface area contributed by atoms with E-state index in [4.69, 9.17) is 5.26 Å². The maximum absolute atomic E-state index is 12.4. The lowest BCUT2D eigenvalue weighted by Gasteiger charge is -2.28. The number of aromatic nitrogens is 3. The van der Waals surface area contributed by atoms with E-state index in [1.165, 1.54) is 11.3 Å². The highest BCUT2D eigenvalue weighted by atomic mass is 32.1. The third kappa shape index (κ3) is 2.81. The van der Waals surface area contributed by atoms with Gasteiger partial charge in [-0.25, -0.2) is 4.98 Å². The van der Waals surface area contributed by atoms with Gasteiger partial charge in [-0.1, -0.05) is 0 Å². The number of amides is 1. The second-order valence-electron chi connectivity index (χ2n) is 5.14. The van der Waals surface area contributed by atoms with Crippen molar-refractivity contribution >= 4 is 17.2 Å². The molecule has 0 N–H and O–H groups in total. The highest BCUT2D eigenvalue weighted by molar-refractivity contribution is 7.13. The summed E-state index contributed by atoms with van der Waals surface area (Å²) in [7, 11) is 1.85. The van der Waals surface area contributed by atoms with Gasteiger partial charge in [-0.2, -0.15) is 10.4 Å². The van der Waals surface area contributed by atoms with E-state index in [1.54, 1.807) is 21.2 Å². The average molecular weight is 301 g/mol. The Balaban J connectivity index is 1.72. The Morgan fingerprint density at radius 2 is 2.24 bits per heavy atom. The molecule has 6 nitrogen and oxygen atoms in total. The zero-order valence-corrected chi connectivity index (χ0v) is 12.5. The van der Waals surface area contributed by atoms with Crippen LogP contribution in [-0.2, 0) is 7.05 Å². The molecular formula is C14H15N5OS. The zero-order chi connectivity index (χ0) is 14.8. The molecular weight excluding hydrogens is 286 g/mol. The fourth-order valence-corrected chi connectivity index (χ4v) is 3.18. The Labute approximate surface area is 126 Å². The highest BCUT2D eigenvalue weighted by Crippen LogP contribution is 2.24. The average Bonchev–Trinajstić information content (AvgIpc) is 3.15. The summed E-state index contributed by atoms with van der Waals surface area (Å²) in [5.74, 6) is 0.0354. The van der Waals surface area contributed by atoms with Gasteiger partial charge in [0.05, 0.1) is 12.3 Å². The molecule has 108 valence electrons. The summed E-state index contributed by atoms with van der Waals surface area (Å²) in [6.07, 6.45) is 5.13. The lowest BCUT2D eigenvalue weighted by atomic mass is 9.98. The first kappa shape index (κ1) is 13.8. The van der Waals surface area contributed by atoms with E-state index in [1.807, 2.05) is 13.2 Å². The highest BCUT2D eigenvalue weighted by Gasteiger charge is 2.25. The molecule has 0 aliphatic carbocycles.